The Hall–Kier alpha value is -2.14. The van der Waals surface area contributed by atoms with Crippen molar-refractivity contribution in [2.75, 3.05) is 0 Å². The van der Waals surface area contributed by atoms with Crippen molar-refractivity contribution in [1.82, 2.24) is 9.78 Å². The van der Waals surface area contributed by atoms with Gasteiger partial charge in [0.1, 0.15) is 6.04 Å². The third-order valence-electron chi connectivity index (χ3n) is 2.25. The second-order valence-electron chi connectivity index (χ2n) is 3.37. The van der Waals surface area contributed by atoms with E-state index >= 15 is 0 Å². The van der Waals surface area contributed by atoms with Crippen molar-refractivity contribution in [3.63, 3.8) is 0 Å². The molecule has 0 fully saturated rings. The summed E-state index contributed by atoms with van der Waals surface area (Å²) in [6.45, 7) is 0. The molecule has 0 spiro atoms. The number of carboxylic acid groups (broad SMARTS) is 1. The third-order valence-corrected chi connectivity index (χ3v) is 2.25. The first-order valence-electron chi connectivity index (χ1n) is 4.77. The van der Waals surface area contributed by atoms with Gasteiger partial charge in [-0.15, -0.1) is 0 Å². The van der Waals surface area contributed by atoms with Crippen LogP contribution in [0.25, 0.3) is 5.69 Å². The summed E-state index contributed by atoms with van der Waals surface area (Å²) >= 11 is 0. The van der Waals surface area contributed by atoms with Gasteiger partial charge >= 0.3 is 5.97 Å². The van der Waals surface area contributed by atoms with E-state index in [2.05, 4.69) is 5.10 Å². The lowest BCUT2D eigenvalue weighted by atomic mass is 10.2. The molecular formula is C11H11N3O2. The molecule has 0 bridgehead atoms. The second-order valence-corrected chi connectivity index (χ2v) is 3.37. The number of hydrogen-bond acceptors (Lipinski definition) is 3. The maximum absolute atomic E-state index is 10.7. The fraction of sp³-hybridized carbons (Fsp3) is 0.0909. The standard InChI is InChI=1S/C11H11N3O2/c12-10(11(15)16)8-6-13-14(7-8)9-4-2-1-3-5-9/h1-7,10H,12H2,(H,15,16). The van der Waals surface area contributed by atoms with Gasteiger partial charge in [0.15, 0.2) is 0 Å². The van der Waals surface area contributed by atoms with Crippen LogP contribution in [-0.2, 0) is 4.79 Å². The van der Waals surface area contributed by atoms with E-state index in [-0.39, 0.29) is 0 Å². The van der Waals surface area contributed by atoms with Crippen molar-refractivity contribution in [3.05, 3.63) is 48.3 Å². The van der Waals surface area contributed by atoms with Crippen LogP contribution in [0.15, 0.2) is 42.7 Å². The minimum atomic E-state index is -1.06. The first-order chi connectivity index (χ1) is 7.68. The molecule has 0 aliphatic rings. The van der Waals surface area contributed by atoms with Crippen LogP contribution in [0.4, 0.5) is 0 Å². The van der Waals surface area contributed by atoms with E-state index < -0.39 is 12.0 Å². The summed E-state index contributed by atoms with van der Waals surface area (Å²) in [4.78, 5) is 10.7. The Morgan fingerprint density at radius 2 is 2.06 bits per heavy atom. The third kappa shape index (κ3) is 1.94. The predicted molar refractivity (Wildman–Crippen MR) is 58.1 cm³/mol. The number of carboxylic acids is 1. The summed E-state index contributed by atoms with van der Waals surface area (Å²) in [5, 5.41) is 12.8. The molecule has 0 radical (unpaired) electrons. The predicted octanol–water partition coefficient (Wildman–Crippen LogP) is 0.957. The van der Waals surface area contributed by atoms with E-state index in [1.54, 1.807) is 10.9 Å². The zero-order valence-electron chi connectivity index (χ0n) is 8.45. The first kappa shape index (κ1) is 10.4. The van der Waals surface area contributed by atoms with Gasteiger partial charge < -0.3 is 10.8 Å². The highest BCUT2D eigenvalue weighted by Crippen LogP contribution is 2.12. The molecule has 16 heavy (non-hydrogen) atoms. The molecule has 3 N–H and O–H groups in total. The average Bonchev–Trinajstić information content (AvgIpc) is 2.78. The van der Waals surface area contributed by atoms with Crippen LogP contribution in [0.1, 0.15) is 11.6 Å². The van der Waals surface area contributed by atoms with E-state index in [1.165, 1.54) is 6.20 Å². The van der Waals surface area contributed by atoms with E-state index in [0.717, 1.165) is 5.69 Å². The second kappa shape index (κ2) is 4.16. The first-order valence-corrected chi connectivity index (χ1v) is 4.77. The Morgan fingerprint density at radius 1 is 1.38 bits per heavy atom. The summed E-state index contributed by atoms with van der Waals surface area (Å²) < 4.78 is 1.60. The molecule has 0 aliphatic heterocycles. The van der Waals surface area contributed by atoms with Gasteiger partial charge in [0, 0.05) is 11.8 Å². The molecule has 0 saturated carbocycles. The molecular weight excluding hydrogens is 206 g/mol. The summed E-state index contributed by atoms with van der Waals surface area (Å²) in [7, 11) is 0. The van der Waals surface area contributed by atoms with Gasteiger partial charge in [0.05, 0.1) is 11.9 Å². The highest BCUT2D eigenvalue weighted by Gasteiger charge is 2.16. The van der Waals surface area contributed by atoms with Crippen LogP contribution < -0.4 is 5.73 Å². The van der Waals surface area contributed by atoms with Gasteiger partial charge in [0.2, 0.25) is 0 Å². The quantitative estimate of drug-likeness (QED) is 0.802. The van der Waals surface area contributed by atoms with Crippen molar-refractivity contribution in [3.8, 4) is 5.69 Å². The van der Waals surface area contributed by atoms with Crippen molar-refractivity contribution in [2.45, 2.75) is 6.04 Å². The zero-order valence-corrected chi connectivity index (χ0v) is 8.45. The Balaban J connectivity index is 2.30. The minimum Gasteiger partial charge on any atom is -0.480 e. The number of hydrogen-bond donors (Lipinski definition) is 2. The largest absolute Gasteiger partial charge is 0.480 e. The summed E-state index contributed by atoms with van der Waals surface area (Å²) in [5.74, 6) is -1.06. The van der Waals surface area contributed by atoms with E-state index in [1.807, 2.05) is 30.3 Å². The average molecular weight is 217 g/mol. The number of nitrogens with two attached hydrogens (primary N) is 1. The highest BCUT2D eigenvalue weighted by atomic mass is 16.4. The molecule has 1 heterocycles. The van der Waals surface area contributed by atoms with Crippen molar-refractivity contribution >= 4 is 5.97 Å². The van der Waals surface area contributed by atoms with E-state index in [4.69, 9.17) is 10.8 Å². The van der Waals surface area contributed by atoms with Gasteiger partial charge in [0.25, 0.3) is 0 Å². The molecule has 1 unspecified atom stereocenters. The maximum Gasteiger partial charge on any atom is 0.325 e. The summed E-state index contributed by atoms with van der Waals surface area (Å²) in [5.41, 5.74) is 6.83. The number of aromatic nitrogens is 2. The maximum atomic E-state index is 10.7. The van der Waals surface area contributed by atoms with Gasteiger partial charge in [-0.3, -0.25) is 4.79 Å². The van der Waals surface area contributed by atoms with Crippen LogP contribution in [0.3, 0.4) is 0 Å². The molecule has 0 amide bonds. The number of para-hydroxylation sites is 1. The smallest absolute Gasteiger partial charge is 0.325 e. The molecule has 5 nitrogen and oxygen atoms in total. The molecule has 82 valence electrons. The van der Waals surface area contributed by atoms with Gasteiger partial charge in [-0.05, 0) is 12.1 Å². The molecule has 1 aromatic carbocycles. The van der Waals surface area contributed by atoms with Crippen LogP contribution in [0, 0.1) is 0 Å². The Labute approximate surface area is 92.1 Å². The molecule has 0 saturated heterocycles. The van der Waals surface area contributed by atoms with Crippen LogP contribution in [-0.4, -0.2) is 20.9 Å². The highest BCUT2D eigenvalue weighted by molar-refractivity contribution is 5.74. The summed E-state index contributed by atoms with van der Waals surface area (Å²) in [6, 6.07) is 8.39. The number of aliphatic carboxylic acids is 1. The lowest BCUT2D eigenvalue weighted by Crippen LogP contribution is -2.19. The topological polar surface area (TPSA) is 81.1 Å². The molecule has 1 atom stereocenters. The van der Waals surface area contributed by atoms with Gasteiger partial charge in [-0.1, -0.05) is 18.2 Å². The van der Waals surface area contributed by atoms with E-state index in [0.29, 0.717) is 5.56 Å². The monoisotopic (exact) mass is 217 g/mol. The lowest BCUT2D eigenvalue weighted by Gasteiger charge is -2.02. The lowest BCUT2D eigenvalue weighted by molar-refractivity contribution is -0.138. The zero-order chi connectivity index (χ0) is 11.5. The number of nitrogens with zero attached hydrogens (tertiary/aromatic N) is 2. The number of benzene rings is 1. The molecule has 2 rings (SSSR count). The Bertz CT molecular complexity index is 493. The number of carbonyl (C=O) groups is 1. The van der Waals surface area contributed by atoms with Crippen molar-refractivity contribution in [1.29, 1.82) is 0 Å². The van der Waals surface area contributed by atoms with Crippen LogP contribution in [0.5, 0.6) is 0 Å². The SMILES string of the molecule is NC(C(=O)O)c1cnn(-c2ccccc2)c1. The fourth-order valence-corrected chi connectivity index (χ4v) is 1.36. The van der Waals surface area contributed by atoms with E-state index in [9.17, 15) is 4.79 Å². The number of rotatable bonds is 3. The van der Waals surface area contributed by atoms with Crippen molar-refractivity contribution in [2.24, 2.45) is 5.73 Å². The van der Waals surface area contributed by atoms with Gasteiger partial charge in [-0.25, -0.2) is 4.68 Å². The van der Waals surface area contributed by atoms with Crippen LogP contribution >= 0.6 is 0 Å². The summed E-state index contributed by atoms with van der Waals surface area (Å²) in [6.07, 6.45) is 3.08. The minimum absolute atomic E-state index is 0.483. The molecule has 1 aromatic heterocycles. The van der Waals surface area contributed by atoms with Crippen LogP contribution in [0.2, 0.25) is 0 Å². The Morgan fingerprint density at radius 3 is 2.69 bits per heavy atom. The molecule has 2 aromatic rings. The Kier molecular flexibility index (Phi) is 2.70. The molecule has 5 heteroatoms. The van der Waals surface area contributed by atoms with Crippen molar-refractivity contribution < 1.29 is 9.90 Å². The fourth-order valence-electron chi connectivity index (χ4n) is 1.36. The normalized spacial score (nSPS) is 12.3. The van der Waals surface area contributed by atoms with Gasteiger partial charge in [-0.2, -0.15) is 5.10 Å². The molecule has 0 aliphatic carbocycles.